The first-order chi connectivity index (χ1) is 22.4. The minimum absolute atomic E-state index is 0.00362. The molecule has 2 aliphatic heterocycles. The number of fused-ring (bicyclic) bond motifs is 1. The summed E-state index contributed by atoms with van der Waals surface area (Å²) in [7, 11) is 3.27. The van der Waals surface area contributed by atoms with Crippen molar-refractivity contribution in [1.29, 1.82) is 0 Å². The molecule has 2 N–H and O–H groups in total. The molecule has 2 fully saturated rings. The summed E-state index contributed by atoms with van der Waals surface area (Å²) in [5, 5.41) is 15.5. The van der Waals surface area contributed by atoms with Crippen molar-refractivity contribution < 1.29 is 23.8 Å². The predicted molar refractivity (Wildman–Crippen MR) is 177 cm³/mol. The van der Waals surface area contributed by atoms with Crippen LogP contribution in [0.4, 0.5) is 10.1 Å². The maximum atomic E-state index is 14.0. The number of aliphatic hydroxyl groups is 1. The minimum atomic E-state index is -0.670. The monoisotopic (exact) mass is 627 g/mol. The lowest BCUT2D eigenvalue weighted by molar-refractivity contribution is -0.128. The van der Waals surface area contributed by atoms with Crippen molar-refractivity contribution in [2.45, 2.75) is 31.0 Å². The number of methoxy groups -OCH3 is 2. The fourth-order valence-corrected chi connectivity index (χ4v) is 6.65. The van der Waals surface area contributed by atoms with E-state index in [1.54, 1.807) is 32.5 Å². The molecular formula is C36H42FN5O4. The van der Waals surface area contributed by atoms with Crippen molar-refractivity contribution in [3.8, 4) is 11.5 Å². The van der Waals surface area contributed by atoms with Crippen LogP contribution < -0.4 is 19.7 Å². The van der Waals surface area contributed by atoms with Gasteiger partial charge in [0.2, 0.25) is 5.91 Å². The van der Waals surface area contributed by atoms with Gasteiger partial charge in [-0.2, -0.15) is 0 Å². The van der Waals surface area contributed by atoms with E-state index in [0.29, 0.717) is 19.6 Å². The second-order valence-corrected chi connectivity index (χ2v) is 12.1. The summed E-state index contributed by atoms with van der Waals surface area (Å²) < 4.78 is 24.2. The van der Waals surface area contributed by atoms with Gasteiger partial charge in [0.25, 0.3) is 0 Å². The van der Waals surface area contributed by atoms with Gasteiger partial charge in [0, 0.05) is 69.1 Å². The number of hydrogen-bond donors (Lipinski definition) is 2. The van der Waals surface area contributed by atoms with Gasteiger partial charge >= 0.3 is 0 Å². The number of benzene rings is 3. The van der Waals surface area contributed by atoms with E-state index >= 15 is 0 Å². The van der Waals surface area contributed by atoms with E-state index in [1.165, 1.54) is 12.1 Å². The number of aromatic nitrogens is 1. The van der Waals surface area contributed by atoms with Crippen LogP contribution >= 0.6 is 0 Å². The number of ether oxygens (including phenoxy) is 2. The maximum absolute atomic E-state index is 14.0. The first kappa shape index (κ1) is 31.7. The van der Waals surface area contributed by atoms with Crippen LogP contribution in [0.1, 0.15) is 36.1 Å². The van der Waals surface area contributed by atoms with Gasteiger partial charge < -0.3 is 29.7 Å². The maximum Gasteiger partial charge on any atom is 0.242 e. The molecule has 9 nitrogen and oxygen atoms in total. The molecule has 2 aliphatic rings. The molecule has 242 valence electrons. The summed E-state index contributed by atoms with van der Waals surface area (Å²) in [6.45, 7) is 4.94. The van der Waals surface area contributed by atoms with E-state index in [-0.39, 0.29) is 17.8 Å². The number of carbonyl (C=O) groups excluding carboxylic acids is 1. The van der Waals surface area contributed by atoms with Gasteiger partial charge in [0.15, 0.2) is 0 Å². The number of aliphatic hydroxyl groups excluding tert-OH is 1. The number of rotatable bonds is 10. The van der Waals surface area contributed by atoms with Gasteiger partial charge in [0.1, 0.15) is 23.4 Å². The Morgan fingerprint density at radius 3 is 2.26 bits per heavy atom. The zero-order valence-electron chi connectivity index (χ0n) is 26.4. The van der Waals surface area contributed by atoms with Crippen molar-refractivity contribution in [2.75, 3.05) is 64.9 Å². The van der Waals surface area contributed by atoms with Crippen molar-refractivity contribution in [2.24, 2.45) is 0 Å². The number of halogens is 1. The third kappa shape index (κ3) is 7.25. The molecule has 3 aromatic carbocycles. The molecule has 4 aromatic rings. The number of amides is 1. The van der Waals surface area contributed by atoms with Crippen LogP contribution in [-0.2, 0) is 4.79 Å². The standard InChI is InChI=1S/C36H42FN5O4/c1-45-29-9-3-25(4-10-29)35(42-21-19-41(20-22-42)28-7-5-26(37)6-8-28)36(44)39-27-14-17-40(18-15-27)24-34(43)31-13-16-38-33-12-11-30(46-2)23-32(31)33/h3-13,16,23,27,34-35,43H,14-15,17-22,24H2,1-2H3,(H,39,44)/t34-,35?/m0/s1. The number of nitrogens with zero attached hydrogens (tertiary/aromatic N) is 4. The van der Waals surface area contributed by atoms with E-state index in [0.717, 1.165) is 78.2 Å². The normalized spacial score (nSPS) is 17.9. The largest absolute Gasteiger partial charge is 0.497 e. The number of piperazine rings is 1. The molecule has 0 aliphatic carbocycles. The molecular weight excluding hydrogens is 585 g/mol. The second-order valence-electron chi connectivity index (χ2n) is 12.1. The summed E-state index contributed by atoms with van der Waals surface area (Å²) >= 11 is 0. The third-order valence-corrected chi connectivity index (χ3v) is 9.26. The van der Waals surface area contributed by atoms with Crippen LogP contribution in [0.25, 0.3) is 10.9 Å². The lowest BCUT2D eigenvalue weighted by Crippen LogP contribution is -2.53. The molecule has 10 heteroatoms. The van der Waals surface area contributed by atoms with Gasteiger partial charge in [-0.15, -0.1) is 0 Å². The number of nitrogens with one attached hydrogen (secondary N) is 1. The van der Waals surface area contributed by atoms with Crippen LogP contribution in [-0.4, -0.2) is 91.9 Å². The van der Waals surface area contributed by atoms with Crippen molar-refractivity contribution >= 4 is 22.5 Å². The van der Waals surface area contributed by atoms with Gasteiger partial charge in [0.05, 0.1) is 25.8 Å². The van der Waals surface area contributed by atoms with Gasteiger partial charge in [-0.3, -0.25) is 14.7 Å². The minimum Gasteiger partial charge on any atom is -0.497 e. The Bertz CT molecular complexity index is 1600. The molecule has 3 heterocycles. The van der Waals surface area contributed by atoms with E-state index in [4.69, 9.17) is 9.47 Å². The Balaban J connectivity index is 1.08. The van der Waals surface area contributed by atoms with Gasteiger partial charge in [-0.05, 0) is 84.6 Å². The summed E-state index contributed by atoms with van der Waals surface area (Å²) in [4.78, 5) is 25.1. The van der Waals surface area contributed by atoms with Crippen LogP contribution in [0, 0.1) is 5.82 Å². The molecule has 46 heavy (non-hydrogen) atoms. The average Bonchev–Trinajstić information content (AvgIpc) is 3.09. The smallest absolute Gasteiger partial charge is 0.242 e. The van der Waals surface area contributed by atoms with Crippen LogP contribution in [0.15, 0.2) is 79.0 Å². The Labute approximate surface area is 269 Å². The average molecular weight is 628 g/mol. The molecule has 0 radical (unpaired) electrons. The number of anilines is 1. The molecule has 1 amide bonds. The Hall–Kier alpha value is -4.25. The summed E-state index contributed by atoms with van der Waals surface area (Å²) in [5.41, 5.74) is 3.57. The summed E-state index contributed by atoms with van der Waals surface area (Å²) in [6.07, 6.45) is 2.67. The van der Waals surface area contributed by atoms with Crippen LogP contribution in [0.5, 0.6) is 11.5 Å². The third-order valence-electron chi connectivity index (χ3n) is 9.26. The molecule has 2 atom stereocenters. The number of β-amino-alcohol motifs (C(OH)–C–C–N with tert-alkyl or cyclic N) is 1. The highest BCUT2D eigenvalue weighted by Gasteiger charge is 2.33. The highest BCUT2D eigenvalue weighted by Crippen LogP contribution is 2.29. The SMILES string of the molecule is COc1ccc(C(C(=O)NC2CCN(C[C@H](O)c3ccnc4ccc(OC)cc34)CC2)N2CCN(c3ccc(F)cc3)CC2)cc1. The number of piperidine rings is 1. The first-order valence-electron chi connectivity index (χ1n) is 15.9. The van der Waals surface area contributed by atoms with Crippen LogP contribution in [0.3, 0.4) is 0 Å². The Morgan fingerprint density at radius 1 is 0.913 bits per heavy atom. The van der Waals surface area contributed by atoms with Crippen molar-refractivity contribution in [1.82, 2.24) is 20.1 Å². The molecule has 0 saturated carbocycles. The summed E-state index contributed by atoms with van der Waals surface area (Å²) in [5.74, 6) is 1.23. The molecule has 0 bridgehead atoms. The molecule has 1 aromatic heterocycles. The molecule has 6 rings (SSSR count). The first-order valence-corrected chi connectivity index (χ1v) is 15.9. The Kier molecular flexibility index (Phi) is 9.97. The van der Waals surface area contributed by atoms with Crippen molar-refractivity contribution in [3.05, 3.63) is 95.9 Å². The van der Waals surface area contributed by atoms with Crippen LogP contribution in [0.2, 0.25) is 0 Å². The molecule has 2 saturated heterocycles. The van der Waals surface area contributed by atoms with Crippen molar-refractivity contribution in [3.63, 3.8) is 0 Å². The number of likely N-dealkylation sites (tertiary alicyclic amines) is 1. The lowest BCUT2D eigenvalue weighted by atomic mass is 9.99. The van der Waals surface area contributed by atoms with E-state index in [1.807, 2.05) is 48.5 Å². The molecule has 0 spiro atoms. The zero-order chi connectivity index (χ0) is 32.0. The van der Waals surface area contributed by atoms with Gasteiger partial charge in [-0.1, -0.05) is 12.1 Å². The molecule has 1 unspecified atom stereocenters. The predicted octanol–water partition coefficient (Wildman–Crippen LogP) is 4.57. The second kappa shape index (κ2) is 14.5. The number of carbonyl (C=O) groups is 1. The topological polar surface area (TPSA) is 90.4 Å². The fourth-order valence-electron chi connectivity index (χ4n) is 6.65. The Morgan fingerprint density at radius 2 is 1.59 bits per heavy atom. The summed E-state index contributed by atoms with van der Waals surface area (Å²) in [6, 6.07) is 21.5. The number of pyridine rings is 1. The van der Waals surface area contributed by atoms with E-state index < -0.39 is 12.1 Å². The fraction of sp³-hybridized carbons (Fsp3) is 0.389. The quantitative estimate of drug-likeness (QED) is 0.265. The van der Waals surface area contributed by atoms with Gasteiger partial charge in [-0.25, -0.2) is 4.39 Å². The van der Waals surface area contributed by atoms with E-state index in [2.05, 4.69) is 25.0 Å². The highest BCUT2D eigenvalue weighted by atomic mass is 19.1. The lowest BCUT2D eigenvalue weighted by Gasteiger charge is -2.40. The zero-order valence-corrected chi connectivity index (χ0v) is 26.4. The van der Waals surface area contributed by atoms with E-state index in [9.17, 15) is 14.3 Å². The highest BCUT2D eigenvalue weighted by molar-refractivity contribution is 5.84. The number of hydrogen-bond acceptors (Lipinski definition) is 8.